The third-order valence-corrected chi connectivity index (χ3v) is 12.7. The number of hydrogen-bond donors (Lipinski definition) is 5. The van der Waals surface area contributed by atoms with Gasteiger partial charge in [-0.3, -0.25) is 19.2 Å². The number of methoxy groups -OCH3 is 1. The van der Waals surface area contributed by atoms with E-state index < -0.39 is 24.2 Å². The molecule has 3 saturated carbocycles. The number of aliphatic hydroxyl groups excluding tert-OH is 2. The molecular weight excluding hydrogens is 711 g/mol. The van der Waals surface area contributed by atoms with Crippen molar-refractivity contribution in [1.82, 2.24) is 20.6 Å². The molecule has 6 rings (SSSR count). The summed E-state index contributed by atoms with van der Waals surface area (Å²) in [7, 11) is 5.53. The zero-order valence-corrected chi connectivity index (χ0v) is 35.4. The molecular formula is C44H67N5O7. The molecule has 5 N–H and O–H groups in total. The molecule has 56 heavy (non-hydrogen) atoms. The minimum absolute atomic E-state index is 0.0141. The van der Waals surface area contributed by atoms with Crippen LogP contribution in [0.3, 0.4) is 0 Å². The lowest BCUT2D eigenvalue weighted by atomic mass is 9.45. The van der Waals surface area contributed by atoms with E-state index in [1.54, 1.807) is 31.2 Å². The van der Waals surface area contributed by atoms with Gasteiger partial charge in [0.1, 0.15) is 17.9 Å². The van der Waals surface area contributed by atoms with Gasteiger partial charge in [0.2, 0.25) is 11.8 Å². The van der Waals surface area contributed by atoms with E-state index in [1.807, 2.05) is 52.2 Å². The second-order valence-corrected chi connectivity index (χ2v) is 18.2. The van der Waals surface area contributed by atoms with Crippen molar-refractivity contribution in [3.8, 4) is 16.9 Å². The Hall–Kier alpha value is -3.55. The monoisotopic (exact) mass is 778 g/mol. The lowest BCUT2D eigenvalue weighted by molar-refractivity contribution is -0.183. The van der Waals surface area contributed by atoms with Crippen molar-refractivity contribution in [2.45, 2.75) is 112 Å². The van der Waals surface area contributed by atoms with Crippen LogP contribution in [0.2, 0.25) is 0 Å². The highest BCUT2D eigenvalue weighted by Gasteiger charge is 2.57. The fourth-order valence-electron chi connectivity index (χ4n) is 9.56. The van der Waals surface area contributed by atoms with Crippen LogP contribution < -0.4 is 20.7 Å². The van der Waals surface area contributed by atoms with Gasteiger partial charge in [0.15, 0.2) is 0 Å². The van der Waals surface area contributed by atoms with Gasteiger partial charge < -0.3 is 35.8 Å². The molecule has 1 unspecified atom stereocenters. The number of aliphatic hydroxyl groups is 2. The molecule has 0 spiro atoms. The van der Waals surface area contributed by atoms with E-state index >= 15 is 0 Å². The summed E-state index contributed by atoms with van der Waals surface area (Å²) in [4.78, 5) is 49.4. The number of para-hydroxylation sites is 1. The molecule has 3 aliphatic carbocycles. The number of amides is 3. The highest BCUT2D eigenvalue weighted by atomic mass is 16.7. The van der Waals surface area contributed by atoms with Gasteiger partial charge in [-0.05, 0) is 93.1 Å². The third kappa shape index (κ3) is 9.42. The summed E-state index contributed by atoms with van der Waals surface area (Å²) in [5.41, 5.74) is 3.17. The number of anilines is 1. The second kappa shape index (κ2) is 17.9. The van der Waals surface area contributed by atoms with Crippen LogP contribution in [-0.4, -0.2) is 103 Å². The van der Waals surface area contributed by atoms with Gasteiger partial charge in [0, 0.05) is 52.8 Å². The van der Waals surface area contributed by atoms with Crippen molar-refractivity contribution >= 4 is 23.4 Å². The van der Waals surface area contributed by atoms with E-state index in [9.17, 15) is 24.6 Å². The Bertz CT molecular complexity index is 1700. The van der Waals surface area contributed by atoms with Crippen LogP contribution in [0.15, 0.2) is 36.4 Å². The van der Waals surface area contributed by atoms with Gasteiger partial charge in [-0.2, -0.15) is 5.06 Å². The Labute approximate surface area is 334 Å². The highest BCUT2D eigenvalue weighted by Crippen LogP contribution is 2.61. The number of likely N-dealkylation sites (N-methyl/N-ethyl adjacent to an activating group) is 1. The predicted molar refractivity (Wildman–Crippen MR) is 219 cm³/mol. The average molecular weight is 778 g/mol. The SMILES string of the molecule is COc1c(CN2O[C@@H](CO)[C@@H]([C@H](C)O)C2C(=O)N[C@H]2C[C@H]3C[C@@H]([C@@H]2C)C3(C)C)cccc1-c1cc(NC(=O)C(C)C)cc(C(=O)N[C@@H](CC(C)C)CN(C)C)c1. The van der Waals surface area contributed by atoms with E-state index in [0.29, 0.717) is 63.9 Å². The predicted octanol–water partition coefficient (Wildman–Crippen LogP) is 5.32. The van der Waals surface area contributed by atoms with E-state index in [2.05, 4.69) is 55.5 Å². The summed E-state index contributed by atoms with van der Waals surface area (Å²) in [6, 6.07) is 10.0. The molecule has 12 nitrogen and oxygen atoms in total. The highest BCUT2D eigenvalue weighted by molar-refractivity contribution is 5.99. The first kappa shape index (κ1) is 43.6. The van der Waals surface area contributed by atoms with E-state index in [-0.39, 0.29) is 54.3 Å². The topological polar surface area (TPSA) is 153 Å². The van der Waals surface area contributed by atoms with Crippen molar-refractivity contribution in [3.05, 3.63) is 47.5 Å². The number of fused-ring (bicyclic) bond motifs is 2. The van der Waals surface area contributed by atoms with Gasteiger partial charge in [0.25, 0.3) is 5.91 Å². The van der Waals surface area contributed by atoms with Gasteiger partial charge in [-0.1, -0.05) is 66.7 Å². The van der Waals surface area contributed by atoms with Gasteiger partial charge >= 0.3 is 0 Å². The van der Waals surface area contributed by atoms with E-state index in [1.165, 1.54) is 6.42 Å². The Morgan fingerprint density at radius 2 is 1.79 bits per heavy atom. The fourth-order valence-corrected chi connectivity index (χ4v) is 9.56. The summed E-state index contributed by atoms with van der Waals surface area (Å²) < 4.78 is 6.07. The van der Waals surface area contributed by atoms with Crippen molar-refractivity contribution in [3.63, 3.8) is 0 Å². The maximum Gasteiger partial charge on any atom is 0.251 e. The Morgan fingerprint density at radius 3 is 2.36 bits per heavy atom. The van der Waals surface area contributed by atoms with Crippen molar-refractivity contribution in [2.24, 2.45) is 40.9 Å². The standard InChI is InChI=1S/C44H67N5O7/c1-24(2)15-33(22-48(9)10)46-42(53)30-16-29(17-32(18-30)45-41(52)25(3)4)34-14-12-13-28(40(34)55-11)21-49-39(38(27(6)51)37(23-50)56-49)43(54)47-36-20-31-19-35(26(36)5)44(31,7)8/h12-14,16-18,24-27,31,33,35-39,50-51H,15,19-23H2,1-11H3,(H,45,52)(H,46,53)(H,47,54)/t26-,27-,31+,33-,35-,36-,37-,38+,39?/m0/s1. The Balaban J connectivity index is 1.48. The molecule has 1 saturated heterocycles. The van der Waals surface area contributed by atoms with E-state index in [4.69, 9.17) is 9.57 Å². The largest absolute Gasteiger partial charge is 0.496 e. The zero-order chi connectivity index (χ0) is 41.2. The number of carbonyl (C=O) groups is 3. The summed E-state index contributed by atoms with van der Waals surface area (Å²) in [6.07, 6.45) is 1.19. The molecule has 0 aromatic heterocycles. The van der Waals surface area contributed by atoms with E-state index in [0.717, 1.165) is 12.8 Å². The van der Waals surface area contributed by atoms with Crippen molar-refractivity contribution < 1.29 is 34.2 Å². The summed E-state index contributed by atoms with van der Waals surface area (Å²) in [5.74, 6) is 0.680. The number of carbonyl (C=O) groups excluding carboxylic acids is 3. The third-order valence-electron chi connectivity index (χ3n) is 12.7. The first-order valence-corrected chi connectivity index (χ1v) is 20.5. The number of nitrogens with one attached hydrogen (secondary N) is 3. The molecule has 2 bridgehead atoms. The molecule has 1 aliphatic heterocycles. The molecule has 4 fully saturated rings. The maximum atomic E-state index is 14.3. The summed E-state index contributed by atoms with van der Waals surface area (Å²) >= 11 is 0. The van der Waals surface area contributed by atoms with Crippen LogP contribution >= 0.6 is 0 Å². The first-order chi connectivity index (χ1) is 26.4. The molecule has 1 heterocycles. The summed E-state index contributed by atoms with van der Waals surface area (Å²) in [5, 5.41) is 32.5. The van der Waals surface area contributed by atoms with Crippen LogP contribution in [0.5, 0.6) is 5.75 Å². The lowest BCUT2D eigenvalue weighted by Gasteiger charge is -2.62. The Morgan fingerprint density at radius 1 is 1.07 bits per heavy atom. The normalized spacial score (nSPS) is 26.8. The number of rotatable bonds is 16. The van der Waals surface area contributed by atoms with Crippen LogP contribution in [0.25, 0.3) is 11.1 Å². The maximum absolute atomic E-state index is 14.3. The lowest BCUT2D eigenvalue weighted by Crippen LogP contribution is -2.62. The second-order valence-electron chi connectivity index (χ2n) is 18.2. The van der Waals surface area contributed by atoms with Crippen molar-refractivity contribution in [2.75, 3.05) is 39.7 Å². The van der Waals surface area contributed by atoms with Gasteiger partial charge in [-0.25, -0.2) is 0 Å². The fraction of sp³-hybridized carbons (Fsp3) is 0.659. The van der Waals surface area contributed by atoms with Crippen LogP contribution in [0.1, 0.15) is 90.6 Å². The smallest absolute Gasteiger partial charge is 0.251 e. The van der Waals surface area contributed by atoms with Gasteiger partial charge in [0.05, 0.1) is 26.4 Å². The molecule has 0 radical (unpaired) electrons. The molecule has 2 aromatic rings. The molecule has 12 heteroatoms. The first-order valence-electron chi connectivity index (χ1n) is 20.5. The van der Waals surface area contributed by atoms with Crippen LogP contribution in [0.4, 0.5) is 5.69 Å². The van der Waals surface area contributed by atoms with Gasteiger partial charge in [-0.15, -0.1) is 0 Å². The molecule has 2 aromatic carbocycles. The molecule has 9 atom stereocenters. The average Bonchev–Trinajstić information content (AvgIpc) is 3.50. The minimum atomic E-state index is -0.927. The Kier molecular flexibility index (Phi) is 14.0. The number of hydroxylamine groups is 2. The van der Waals surface area contributed by atoms with Crippen LogP contribution in [0, 0.1) is 40.9 Å². The minimum Gasteiger partial charge on any atom is -0.496 e. The number of ether oxygens (including phenoxy) is 1. The molecule has 4 aliphatic rings. The van der Waals surface area contributed by atoms with Crippen molar-refractivity contribution in [1.29, 1.82) is 0 Å². The number of nitrogens with zero attached hydrogens (tertiary/aromatic N) is 2. The summed E-state index contributed by atoms with van der Waals surface area (Å²) in [6.45, 7) is 16.8. The molecule has 310 valence electrons. The number of hydrogen-bond acceptors (Lipinski definition) is 9. The quantitative estimate of drug-likeness (QED) is 0.153. The number of benzene rings is 2. The zero-order valence-electron chi connectivity index (χ0n) is 35.4. The molecule has 3 amide bonds. The van der Waals surface area contributed by atoms with Crippen LogP contribution in [-0.2, 0) is 21.0 Å².